The second-order valence-corrected chi connectivity index (χ2v) is 4.42. The first-order valence-corrected chi connectivity index (χ1v) is 5.70. The van der Waals surface area contributed by atoms with E-state index >= 15 is 0 Å². The Morgan fingerprint density at radius 3 is 2.56 bits per heavy atom. The van der Waals surface area contributed by atoms with Crippen LogP contribution in [-0.2, 0) is 0 Å². The Balaban J connectivity index is 2.49. The average Bonchev–Trinajstić information content (AvgIpc) is 2.30. The van der Waals surface area contributed by atoms with Gasteiger partial charge >= 0.3 is 0 Å². The van der Waals surface area contributed by atoms with Crippen LogP contribution < -0.4 is 0 Å². The minimum atomic E-state index is 0.567. The molecule has 16 heavy (non-hydrogen) atoms. The third-order valence-corrected chi connectivity index (χ3v) is 2.87. The van der Waals surface area contributed by atoms with Crippen LogP contribution in [-0.4, -0.2) is 4.98 Å². The van der Waals surface area contributed by atoms with Gasteiger partial charge in [0.2, 0.25) is 0 Å². The van der Waals surface area contributed by atoms with Crippen LogP contribution in [0.4, 0.5) is 0 Å². The number of nitrogens with zero attached hydrogens (tertiary/aromatic N) is 1. The zero-order chi connectivity index (χ0) is 11.5. The van der Waals surface area contributed by atoms with Crippen LogP contribution in [0.15, 0.2) is 42.6 Å². The van der Waals surface area contributed by atoms with Crippen molar-refractivity contribution < 1.29 is 0 Å². The monoisotopic (exact) mass is 211 g/mol. The average molecular weight is 211 g/mol. The van der Waals surface area contributed by atoms with Crippen LogP contribution in [0.1, 0.15) is 31.0 Å². The van der Waals surface area contributed by atoms with Crippen molar-refractivity contribution >= 4 is 0 Å². The number of benzene rings is 1. The van der Waals surface area contributed by atoms with Gasteiger partial charge in [0.05, 0.1) is 0 Å². The van der Waals surface area contributed by atoms with Gasteiger partial charge in [0.15, 0.2) is 0 Å². The highest BCUT2D eigenvalue weighted by molar-refractivity contribution is 5.66. The molecule has 2 aromatic rings. The Hall–Kier alpha value is -1.63. The molecule has 82 valence electrons. The molecule has 0 aliphatic rings. The molecule has 0 saturated heterocycles. The minimum Gasteiger partial charge on any atom is -0.261 e. The van der Waals surface area contributed by atoms with Gasteiger partial charge in [-0.2, -0.15) is 0 Å². The Labute approximate surface area is 97.2 Å². The lowest BCUT2D eigenvalue weighted by molar-refractivity contribution is 0.867. The lowest BCUT2D eigenvalue weighted by Crippen LogP contribution is -1.90. The van der Waals surface area contributed by atoms with Crippen molar-refractivity contribution in [1.82, 2.24) is 4.98 Å². The quantitative estimate of drug-likeness (QED) is 0.726. The Morgan fingerprint density at radius 2 is 1.88 bits per heavy atom. The summed E-state index contributed by atoms with van der Waals surface area (Å²) >= 11 is 0. The van der Waals surface area contributed by atoms with E-state index in [4.69, 9.17) is 0 Å². The molecule has 0 fully saturated rings. The maximum absolute atomic E-state index is 4.33. The first kappa shape index (κ1) is 10.9. The maximum atomic E-state index is 4.33. The van der Waals surface area contributed by atoms with Gasteiger partial charge in [0.1, 0.15) is 0 Å². The van der Waals surface area contributed by atoms with E-state index < -0.39 is 0 Å². The normalized spacial score (nSPS) is 10.8. The summed E-state index contributed by atoms with van der Waals surface area (Å²) in [6.45, 7) is 6.49. The maximum Gasteiger partial charge on any atom is 0.0450 e. The SMILES string of the molecule is Cc1ncccc1-c1cccc(C(C)C)c1. The van der Waals surface area contributed by atoms with Crippen LogP contribution in [0.2, 0.25) is 0 Å². The zero-order valence-electron chi connectivity index (χ0n) is 10.1. The third-order valence-electron chi connectivity index (χ3n) is 2.87. The van der Waals surface area contributed by atoms with Gasteiger partial charge in [0, 0.05) is 17.5 Å². The summed E-state index contributed by atoms with van der Waals surface area (Å²) in [5.41, 5.74) is 4.95. The van der Waals surface area contributed by atoms with Gasteiger partial charge in [-0.05, 0) is 30.0 Å². The second-order valence-electron chi connectivity index (χ2n) is 4.42. The fraction of sp³-hybridized carbons (Fsp3) is 0.267. The molecule has 0 atom stereocenters. The van der Waals surface area contributed by atoms with Crippen molar-refractivity contribution in [1.29, 1.82) is 0 Å². The molecule has 1 nitrogen and oxygen atoms in total. The fourth-order valence-electron chi connectivity index (χ4n) is 1.85. The molecule has 0 bridgehead atoms. The Kier molecular flexibility index (Phi) is 3.04. The number of hydrogen-bond donors (Lipinski definition) is 0. The van der Waals surface area contributed by atoms with Crippen molar-refractivity contribution in [3.05, 3.63) is 53.9 Å². The summed E-state index contributed by atoms with van der Waals surface area (Å²) in [6, 6.07) is 12.8. The fourth-order valence-corrected chi connectivity index (χ4v) is 1.85. The molecular formula is C15H17N. The summed E-state index contributed by atoms with van der Waals surface area (Å²) in [6.07, 6.45) is 1.84. The van der Waals surface area contributed by atoms with Gasteiger partial charge < -0.3 is 0 Å². The van der Waals surface area contributed by atoms with Crippen molar-refractivity contribution in [2.45, 2.75) is 26.7 Å². The van der Waals surface area contributed by atoms with E-state index in [1.165, 1.54) is 16.7 Å². The first-order valence-electron chi connectivity index (χ1n) is 5.70. The van der Waals surface area contributed by atoms with E-state index in [-0.39, 0.29) is 0 Å². The highest BCUT2D eigenvalue weighted by atomic mass is 14.7. The molecule has 0 amide bonds. The van der Waals surface area contributed by atoms with Gasteiger partial charge in [-0.15, -0.1) is 0 Å². The van der Waals surface area contributed by atoms with E-state index in [9.17, 15) is 0 Å². The van der Waals surface area contributed by atoms with Crippen molar-refractivity contribution in [3.8, 4) is 11.1 Å². The molecular weight excluding hydrogens is 194 g/mol. The predicted octanol–water partition coefficient (Wildman–Crippen LogP) is 4.18. The summed E-state index contributed by atoms with van der Waals surface area (Å²) in [7, 11) is 0. The van der Waals surface area contributed by atoms with E-state index in [2.05, 4.69) is 56.1 Å². The van der Waals surface area contributed by atoms with Gasteiger partial charge in [-0.1, -0.05) is 44.2 Å². The molecule has 0 unspecified atom stereocenters. The Morgan fingerprint density at radius 1 is 1.06 bits per heavy atom. The van der Waals surface area contributed by atoms with Crippen molar-refractivity contribution in [3.63, 3.8) is 0 Å². The standard InChI is InChI=1S/C15H17N/c1-11(2)13-6-4-7-14(10-13)15-8-5-9-16-12(15)3/h4-11H,1-3H3. The lowest BCUT2D eigenvalue weighted by atomic mass is 9.97. The molecule has 2 rings (SSSR count). The number of pyridine rings is 1. The van der Waals surface area contributed by atoms with Crippen molar-refractivity contribution in [2.75, 3.05) is 0 Å². The van der Waals surface area contributed by atoms with Gasteiger partial charge in [-0.3, -0.25) is 4.98 Å². The van der Waals surface area contributed by atoms with Crippen LogP contribution in [0.5, 0.6) is 0 Å². The summed E-state index contributed by atoms with van der Waals surface area (Å²) in [4.78, 5) is 4.33. The van der Waals surface area contributed by atoms with Crippen LogP contribution in [0.3, 0.4) is 0 Å². The second kappa shape index (κ2) is 4.48. The predicted molar refractivity (Wildman–Crippen MR) is 68.5 cm³/mol. The molecule has 1 aromatic carbocycles. The highest BCUT2D eigenvalue weighted by Gasteiger charge is 2.04. The molecule has 0 spiro atoms. The van der Waals surface area contributed by atoms with Crippen LogP contribution in [0, 0.1) is 6.92 Å². The largest absolute Gasteiger partial charge is 0.261 e. The smallest absolute Gasteiger partial charge is 0.0450 e. The Bertz CT molecular complexity index is 486. The summed E-state index contributed by atoms with van der Waals surface area (Å²) in [5, 5.41) is 0. The molecule has 1 heteroatoms. The molecule has 0 radical (unpaired) electrons. The molecule has 1 heterocycles. The lowest BCUT2D eigenvalue weighted by Gasteiger charge is -2.09. The van der Waals surface area contributed by atoms with Crippen LogP contribution in [0.25, 0.3) is 11.1 Å². The van der Waals surface area contributed by atoms with Crippen LogP contribution >= 0.6 is 0 Å². The summed E-state index contributed by atoms with van der Waals surface area (Å²) in [5.74, 6) is 0.567. The molecule has 0 aliphatic heterocycles. The highest BCUT2D eigenvalue weighted by Crippen LogP contribution is 2.25. The number of aromatic nitrogens is 1. The summed E-state index contributed by atoms with van der Waals surface area (Å²) < 4.78 is 0. The number of hydrogen-bond acceptors (Lipinski definition) is 1. The third kappa shape index (κ3) is 2.13. The minimum absolute atomic E-state index is 0.567. The zero-order valence-corrected chi connectivity index (χ0v) is 10.1. The van der Waals surface area contributed by atoms with E-state index in [1.54, 1.807) is 0 Å². The van der Waals surface area contributed by atoms with E-state index in [0.29, 0.717) is 5.92 Å². The number of aryl methyl sites for hydroxylation is 1. The molecule has 0 saturated carbocycles. The first-order chi connectivity index (χ1) is 7.68. The molecule has 0 aliphatic carbocycles. The molecule has 0 N–H and O–H groups in total. The number of rotatable bonds is 2. The van der Waals surface area contributed by atoms with Gasteiger partial charge in [0.25, 0.3) is 0 Å². The van der Waals surface area contributed by atoms with E-state index in [1.807, 2.05) is 12.3 Å². The molecule has 1 aromatic heterocycles. The van der Waals surface area contributed by atoms with Gasteiger partial charge in [-0.25, -0.2) is 0 Å². The van der Waals surface area contributed by atoms with E-state index in [0.717, 1.165) is 5.69 Å². The topological polar surface area (TPSA) is 12.9 Å². The van der Waals surface area contributed by atoms with Crippen molar-refractivity contribution in [2.24, 2.45) is 0 Å².